The van der Waals surface area contributed by atoms with E-state index >= 15 is 0 Å². The second kappa shape index (κ2) is 7.66. The number of hydrogen-bond acceptors (Lipinski definition) is 4. The third-order valence-electron chi connectivity index (χ3n) is 5.17. The maximum atomic E-state index is 12.2. The van der Waals surface area contributed by atoms with Gasteiger partial charge in [-0.1, -0.05) is 25.3 Å². The number of rotatable bonds is 3. The van der Waals surface area contributed by atoms with Gasteiger partial charge in [0.05, 0.1) is 9.99 Å². The summed E-state index contributed by atoms with van der Waals surface area (Å²) in [4.78, 5) is 12.9. The first-order valence-electron chi connectivity index (χ1n) is 8.40. The molecule has 1 saturated carbocycles. The highest BCUT2D eigenvalue weighted by molar-refractivity contribution is 14.1. The number of methoxy groups -OCH3 is 1. The van der Waals surface area contributed by atoms with Crippen LogP contribution in [0.3, 0.4) is 0 Å². The minimum Gasteiger partial charge on any atom is -0.465 e. The van der Waals surface area contributed by atoms with Crippen LogP contribution in [0.2, 0.25) is 0 Å². The molecule has 3 rings (SSSR count). The van der Waals surface area contributed by atoms with Crippen LogP contribution in [-0.4, -0.2) is 26.2 Å². The van der Waals surface area contributed by atoms with E-state index in [0.29, 0.717) is 5.92 Å². The van der Waals surface area contributed by atoms with E-state index < -0.39 is 0 Å². The maximum absolute atomic E-state index is 12.2. The Kier molecular flexibility index (Phi) is 5.80. The second-order valence-corrected chi connectivity index (χ2v) is 9.62. The summed E-state index contributed by atoms with van der Waals surface area (Å²) in [5.74, 6) is 1.36. The number of thiophene rings is 1. The second-order valence-electron chi connectivity index (χ2n) is 6.67. The summed E-state index contributed by atoms with van der Waals surface area (Å²) in [5, 5.41) is 3.50. The first-order chi connectivity index (χ1) is 11.1. The Morgan fingerprint density at radius 3 is 2.78 bits per heavy atom. The van der Waals surface area contributed by atoms with Crippen LogP contribution in [0.25, 0.3) is 5.57 Å². The van der Waals surface area contributed by atoms with Crippen molar-refractivity contribution in [2.24, 2.45) is 11.8 Å². The molecule has 3 nitrogen and oxygen atoms in total. The SMILES string of the molecule is COC(=O)c1sc(I)cc1C1=C(C2CCC(C)CC2)CCNC1. The van der Waals surface area contributed by atoms with E-state index in [9.17, 15) is 4.79 Å². The van der Waals surface area contributed by atoms with Gasteiger partial charge in [0, 0.05) is 12.1 Å². The van der Waals surface area contributed by atoms with Crippen molar-refractivity contribution < 1.29 is 9.53 Å². The molecular weight excluding hydrogens is 421 g/mol. The highest BCUT2D eigenvalue weighted by Crippen LogP contribution is 2.41. The minimum absolute atomic E-state index is 0.206. The molecule has 0 atom stereocenters. The van der Waals surface area contributed by atoms with Crippen molar-refractivity contribution in [3.05, 3.63) is 25.0 Å². The quantitative estimate of drug-likeness (QED) is 0.541. The molecule has 23 heavy (non-hydrogen) atoms. The lowest BCUT2D eigenvalue weighted by Gasteiger charge is -2.32. The summed E-state index contributed by atoms with van der Waals surface area (Å²) < 4.78 is 6.15. The van der Waals surface area contributed by atoms with Crippen LogP contribution >= 0.6 is 33.9 Å². The molecule has 5 heteroatoms. The average Bonchev–Trinajstić information content (AvgIpc) is 2.96. The monoisotopic (exact) mass is 445 g/mol. The smallest absolute Gasteiger partial charge is 0.348 e. The van der Waals surface area contributed by atoms with Crippen LogP contribution in [0.15, 0.2) is 11.6 Å². The Labute approximate surface area is 156 Å². The topological polar surface area (TPSA) is 38.3 Å². The zero-order valence-corrected chi connectivity index (χ0v) is 16.8. The maximum Gasteiger partial charge on any atom is 0.348 e. The fourth-order valence-corrected chi connectivity index (χ4v) is 5.66. The molecule has 0 radical (unpaired) electrons. The van der Waals surface area contributed by atoms with Gasteiger partial charge in [0.25, 0.3) is 0 Å². The lowest BCUT2D eigenvalue weighted by Crippen LogP contribution is -2.28. The molecular formula is C18H24INO2S. The first kappa shape index (κ1) is 17.4. The molecule has 0 spiro atoms. The molecule has 126 valence electrons. The molecule has 1 aromatic rings. The van der Waals surface area contributed by atoms with Gasteiger partial charge in [0.1, 0.15) is 4.88 Å². The zero-order chi connectivity index (χ0) is 16.4. The summed E-state index contributed by atoms with van der Waals surface area (Å²) in [5.41, 5.74) is 4.05. The van der Waals surface area contributed by atoms with Crippen LogP contribution in [0, 0.1) is 14.7 Å². The van der Waals surface area contributed by atoms with Gasteiger partial charge < -0.3 is 10.1 Å². The fraction of sp³-hybridized carbons (Fsp3) is 0.611. The number of hydrogen-bond donors (Lipinski definition) is 1. The van der Waals surface area contributed by atoms with Gasteiger partial charge in [-0.2, -0.15) is 0 Å². The molecule has 1 fully saturated rings. The third-order valence-corrected chi connectivity index (χ3v) is 7.04. The van der Waals surface area contributed by atoms with Gasteiger partial charge >= 0.3 is 5.97 Å². The molecule has 2 aliphatic rings. The summed E-state index contributed by atoms with van der Waals surface area (Å²) in [6.07, 6.45) is 6.38. The standard InChI is InChI=1S/C18H24INO2S/c1-11-3-5-12(6-4-11)13-7-8-20-10-15(13)14-9-16(19)23-17(14)18(21)22-2/h9,11-12,20H,3-8,10H2,1-2H3. The Bertz CT molecular complexity index is 615. The predicted octanol–water partition coefficient (Wildman–Crippen LogP) is 4.71. The van der Waals surface area contributed by atoms with Crippen molar-refractivity contribution in [1.82, 2.24) is 5.32 Å². The van der Waals surface area contributed by atoms with Gasteiger partial charge in [-0.25, -0.2) is 4.79 Å². The Hall–Kier alpha value is -0.400. The lowest BCUT2D eigenvalue weighted by atomic mass is 9.75. The van der Waals surface area contributed by atoms with Crippen molar-refractivity contribution in [2.75, 3.05) is 20.2 Å². The van der Waals surface area contributed by atoms with Crippen molar-refractivity contribution in [3.63, 3.8) is 0 Å². The van der Waals surface area contributed by atoms with E-state index in [1.54, 1.807) is 5.57 Å². The third kappa shape index (κ3) is 3.82. The summed E-state index contributed by atoms with van der Waals surface area (Å²) in [6, 6.07) is 2.16. The normalized spacial score (nSPS) is 25.5. The number of carbonyl (C=O) groups is 1. The molecule has 1 aliphatic carbocycles. The van der Waals surface area contributed by atoms with Crippen LogP contribution in [-0.2, 0) is 4.74 Å². The van der Waals surface area contributed by atoms with Gasteiger partial charge in [-0.15, -0.1) is 11.3 Å². The van der Waals surface area contributed by atoms with Crippen molar-refractivity contribution in [3.8, 4) is 0 Å². The molecule has 0 amide bonds. The van der Waals surface area contributed by atoms with Crippen molar-refractivity contribution in [2.45, 2.75) is 39.0 Å². The molecule has 1 aliphatic heterocycles. The van der Waals surface area contributed by atoms with E-state index in [4.69, 9.17) is 4.74 Å². The molecule has 0 saturated heterocycles. The van der Waals surface area contributed by atoms with E-state index in [1.165, 1.54) is 49.7 Å². The van der Waals surface area contributed by atoms with E-state index in [-0.39, 0.29) is 5.97 Å². The fourth-order valence-electron chi connectivity index (χ4n) is 3.86. The predicted molar refractivity (Wildman–Crippen MR) is 104 cm³/mol. The highest BCUT2D eigenvalue weighted by Gasteiger charge is 2.28. The first-order valence-corrected chi connectivity index (χ1v) is 10.3. The van der Waals surface area contributed by atoms with Crippen LogP contribution < -0.4 is 5.32 Å². The number of nitrogens with one attached hydrogen (secondary N) is 1. The van der Waals surface area contributed by atoms with Crippen molar-refractivity contribution >= 4 is 45.5 Å². The van der Waals surface area contributed by atoms with Crippen LogP contribution in [0.1, 0.15) is 54.3 Å². The largest absolute Gasteiger partial charge is 0.465 e. The summed E-state index contributed by atoms with van der Waals surface area (Å²) >= 11 is 3.84. The van der Waals surface area contributed by atoms with Gasteiger partial charge in [-0.05, 0) is 71.9 Å². The van der Waals surface area contributed by atoms with Crippen molar-refractivity contribution in [1.29, 1.82) is 0 Å². The Morgan fingerprint density at radius 2 is 2.09 bits per heavy atom. The van der Waals surface area contributed by atoms with E-state index in [1.807, 2.05) is 0 Å². The molecule has 0 aromatic carbocycles. The average molecular weight is 445 g/mol. The Balaban J connectivity index is 1.99. The number of carbonyl (C=O) groups excluding carboxylic acids is 1. The zero-order valence-electron chi connectivity index (χ0n) is 13.8. The molecule has 1 aromatic heterocycles. The molecule has 0 bridgehead atoms. The van der Waals surface area contributed by atoms with Crippen LogP contribution in [0.4, 0.5) is 0 Å². The molecule has 2 heterocycles. The van der Waals surface area contributed by atoms with Gasteiger partial charge in [0.2, 0.25) is 0 Å². The summed E-state index contributed by atoms with van der Waals surface area (Å²) in [6.45, 7) is 4.29. The lowest BCUT2D eigenvalue weighted by molar-refractivity contribution is 0.0606. The molecule has 1 N–H and O–H groups in total. The molecule has 0 unspecified atom stereocenters. The summed E-state index contributed by atoms with van der Waals surface area (Å²) in [7, 11) is 1.47. The number of esters is 1. The number of halogens is 1. The van der Waals surface area contributed by atoms with E-state index in [2.05, 4.69) is 40.9 Å². The minimum atomic E-state index is -0.206. The highest BCUT2D eigenvalue weighted by atomic mass is 127. The number of ether oxygens (including phenoxy) is 1. The van der Waals surface area contributed by atoms with E-state index in [0.717, 1.165) is 38.8 Å². The van der Waals surface area contributed by atoms with Gasteiger partial charge in [-0.3, -0.25) is 0 Å². The van der Waals surface area contributed by atoms with Gasteiger partial charge in [0.15, 0.2) is 0 Å². The van der Waals surface area contributed by atoms with Crippen LogP contribution in [0.5, 0.6) is 0 Å². The Morgan fingerprint density at radius 1 is 1.35 bits per heavy atom.